The minimum Gasteiger partial charge on any atom is -0.468 e. The molecule has 1 rings (SSSR count). The molecule has 0 saturated heterocycles. The first-order chi connectivity index (χ1) is 9.17. The van der Waals surface area contributed by atoms with Gasteiger partial charge in [-0.1, -0.05) is 67.5 Å². The van der Waals surface area contributed by atoms with Crippen molar-refractivity contribution in [2.45, 2.75) is 64.2 Å². The van der Waals surface area contributed by atoms with E-state index in [4.69, 9.17) is 4.74 Å². The molecule has 0 aliphatic heterocycles. The van der Waals surface area contributed by atoms with Crippen molar-refractivity contribution < 1.29 is 14.3 Å². The molecule has 0 N–H and O–H groups in total. The minimum absolute atomic E-state index is 0.0920. The van der Waals surface area contributed by atoms with Crippen LogP contribution in [0.3, 0.4) is 0 Å². The molecule has 3 nitrogen and oxygen atoms in total. The molecule has 1 aliphatic carbocycles. The lowest BCUT2D eigenvalue weighted by Gasteiger charge is -2.28. The van der Waals surface area contributed by atoms with Crippen molar-refractivity contribution in [1.82, 2.24) is 0 Å². The second-order valence-electron chi connectivity index (χ2n) is 5.46. The van der Waals surface area contributed by atoms with Crippen LogP contribution in [0.1, 0.15) is 64.2 Å². The van der Waals surface area contributed by atoms with E-state index in [1.165, 1.54) is 32.8 Å². The third-order valence-corrected chi connectivity index (χ3v) is 5.40. The zero-order chi connectivity index (χ0) is 14.1. The molecule has 1 aliphatic rings. The SMILES string of the molecule is COC(=O)C1(CI)CCCCCCCCCCC1=O. The number of ketones is 1. The van der Waals surface area contributed by atoms with Gasteiger partial charge in [-0.3, -0.25) is 9.59 Å². The molecule has 1 saturated carbocycles. The van der Waals surface area contributed by atoms with Crippen molar-refractivity contribution in [3.8, 4) is 0 Å². The highest BCUT2D eigenvalue weighted by atomic mass is 127. The van der Waals surface area contributed by atoms with E-state index in [1.807, 2.05) is 0 Å². The fourth-order valence-corrected chi connectivity index (χ4v) is 3.88. The Labute approximate surface area is 130 Å². The summed E-state index contributed by atoms with van der Waals surface area (Å²) < 4.78 is 5.45. The van der Waals surface area contributed by atoms with Crippen molar-refractivity contribution in [3.05, 3.63) is 0 Å². The fourth-order valence-electron chi connectivity index (χ4n) is 2.76. The van der Waals surface area contributed by atoms with E-state index in [9.17, 15) is 9.59 Å². The first-order valence-corrected chi connectivity index (χ1v) is 8.87. The summed E-state index contributed by atoms with van der Waals surface area (Å²) in [5.74, 6) is -0.238. The van der Waals surface area contributed by atoms with Crippen molar-refractivity contribution >= 4 is 34.3 Å². The average molecular weight is 380 g/mol. The molecule has 0 aromatic carbocycles. The van der Waals surface area contributed by atoms with Gasteiger partial charge in [0, 0.05) is 10.8 Å². The Bertz CT molecular complexity index is 304. The van der Waals surface area contributed by atoms with E-state index < -0.39 is 5.41 Å². The van der Waals surface area contributed by atoms with Gasteiger partial charge in [-0.05, 0) is 12.8 Å². The number of hydrogen-bond donors (Lipinski definition) is 0. The van der Waals surface area contributed by atoms with Gasteiger partial charge in [-0.2, -0.15) is 0 Å². The maximum atomic E-state index is 12.5. The standard InChI is InChI=1S/C15H25IO3/c1-19-14(18)15(12-16)11-9-7-5-3-2-4-6-8-10-13(15)17/h2-12H2,1H3. The summed E-state index contributed by atoms with van der Waals surface area (Å²) in [4.78, 5) is 24.6. The monoisotopic (exact) mass is 380 g/mol. The highest BCUT2D eigenvalue weighted by Crippen LogP contribution is 2.33. The van der Waals surface area contributed by atoms with E-state index in [0.29, 0.717) is 17.3 Å². The topological polar surface area (TPSA) is 43.4 Å². The molecule has 0 aromatic heterocycles. The Balaban J connectivity index is 2.79. The normalized spacial score (nSPS) is 27.2. The molecule has 4 heteroatoms. The first kappa shape index (κ1) is 16.9. The first-order valence-electron chi connectivity index (χ1n) is 7.35. The van der Waals surface area contributed by atoms with E-state index >= 15 is 0 Å². The van der Waals surface area contributed by atoms with Crippen LogP contribution in [-0.2, 0) is 14.3 Å². The van der Waals surface area contributed by atoms with Gasteiger partial charge < -0.3 is 4.74 Å². The minimum atomic E-state index is -0.880. The number of methoxy groups -OCH3 is 1. The van der Waals surface area contributed by atoms with Crippen molar-refractivity contribution in [2.75, 3.05) is 11.5 Å². The lowest BCUT2D eigenvalue weighted by atomic mass is 9.78. The Hall–Kier alpha value is -0.130. The summed E-state index contributed by atoms with van der Waals surface area (Å²) >= 11 is 2.16. The van der Waals surface area contributed by atoms with E-state index in [-0.39, 0.29) is 11.8 Å². The van der Waals surface area contributed by atoms with Crippen LogP contribution in [0.5, 0.6) is 0 Å². The van der Waals surface area contributed by atoms with Crippen LogP contribution in [0.4, 0.5) is 0 Å². The predicted molar refractivity (Wildman–Crippen MR) is 84.5 cm³/mol. The lowest BCUT2D eigenvalue weighted by Crippen LogP contribution is -2.42. The third-order valence-electron chi connectivity index (χ3n) is 4.10. The molecule has 0 radical (unpaired) electrons. The summed E-state index contributed by atoms with van der Waals surface area (Å²) in [6.07, 6.45) is 10.2. The Kier molecular flexibility index (Phi) is 7.95. The van der Waals surface area contributed by atoms with Gasteiger partial charge in [0.15, 0.2) is 5.78 Å². The van der Waals surface area contributed by atoms with Crippen molar-refractivity contribution in [1.29, 1.82) is 0 Å². The number of carbonyl (C=O) groups excluding carboxylic acids is 2. The number of rotatable bonds is 2. The van der Waals surface area contributed by atoms with Crippen LogP contribution >= 0.6 is 22.6 Å². The van der Waals surface area contributed by atoms with Crippen molar-refractivity contribution in [3.63, 3.8) is 0 Å². The lowest BCUT2D eigenvalue weighted by molar-refractivity contribution is -0.157. The van der Waals surface area contributed by atoms with Crippen LogP contribution in [-0.4, -0.2) is 23.3 Å². The summed E-state index contributed by atoms with van der Waals surface area (Å²) in [5.41, 5.74) is -0.880. The second kappa shape index (κ2) is 8.93. The molecule has 19 heavy (non-hydrogen) atoms. The highest BCUT2D eigenvalue weighted by molar-refractivity contribution is 14.1. The molecule has 1 atom stereocenters. The Morgan fingerprint density at radius 2 is 1.63 bits per heavy atom. The number of esters is 1. The number of alkyl halides is 1. The highest BCUT2D eigenvalue weighted by Gasteiger charge is 2.44. The number of carbonyl (C=O) groups is 2. The maximum absolute atomic E-state index is 12.5. The van der Waals surface area contributed by atoms with Crippen molar-refractivity contribution in [2.24, 2.45) is 5.41 Å². The summed E-state index contributed by atoms with van der Waals surface area (Å²) in [7, 11) is 1.39. The van der Waals surface area contributed by atoms with Crippen LogP contribution in [0.2, 0.25) is 0 Å². The number of Topliss-reactive ketones (excluding diaryl/α,β-unsaturated/α-hetero) is 1. The molecule has 0 aromatic rings. The van der Waals surface area contributed by atoms with Crippen LogP contribution < -0.4 is 0 Å². The van der Waals surface area contributed by atoms with Gasteiger partial charge in [0.1, 0.15) is 5.41 Å². The molecule has 0 spiro atoms. The summed E-state index contributed by atoms with van der Waals surface area (Å²) in [5, 5.41) is 0. The zero-order valence-corrected chi connectivity index (χ0v) is 14.0. The van der Waals surface area contributed by atoms with Crippen LogP contribution in [0.15, 0.2) is 0 Å². The predicted octanol–water partition coefficient (Wildman–Crippen LogP) is 4.06. The van der Waals surface area contributed by atoms with Gasteiger partial charge in [-0.25, -0.2) is 0 Å². The Morgan fingerprint density at radius 1 is 1.11 bits per heavy atom. The largest absolute Gasteiger partial charge is 0.468 e. The molecule has 0 heterocycles. The zero-order valence-electron chi connectivity index (χ0n) is 11.9. The third kappa shape index (κ3) is 4.72. The van der Waals surface area contributed by atoms with Gasteiger partial charge in [-0.15, -0.1) is 0 Å². The molecule has 1 unspecified atom stereocenters. The summed E-state index contributed by atoms with van der Waals surface area (Å²) in [6, 6.07) is 0. The molecule has 0 amide bonds. The van der Waals surface area contributed by atoms with Gasteiger partial charge in [0.05, 0.1) is 7.11 Å². The van der Waals surface area contributed by atoms with E-state index in [0.717, 1.165) is 25.7 Å². The molecule has 0 bridgehead atoms. The molecule has 1 fully saturated rings. The van der Waals surface area contributed by atoms with Crippen LogP contribution in [0, 0.1) is 5.41 Å². The smallest absolute Gasteiger partial charge is 0.320 e. The quantitative estimate of drug-likeness (QED) is 0.314. The second-order valence-corrected chi connectivity index (χ2v) is 6.22. The number of ether oxygens (including phenoxy) is 1. The molecule has 110 valence electrons. The fraction of sp³-hybridized carbons (Fsp3) is 0.867. The maximum Gasteiger partial charge on any atom is 0.320 e. The van der Waals surface area contributed by atoms with E-state index in [2.05, 4.69) is 22.6 Å². The number of hydrogen-bond acceptors (Lipinski definition) is 3. The van der Waals surface area contributed by atoms with Gasteiger partial charge in [0.2, 0.25) is 0 Å². The average Bonchev–Trinajstić information content (AvgIpc) is 2.42. The van der Waals surface area contributed by atoms with Gasteiger partial charge in [0.25, 0.3) is 0 Å². The number of halogens is 1. The van der Waals surface area contributed by atoms with Crippen LogP contribution in [0.25, 0.3) is 0 Å². The van der Waals surface area contributed by atoms with E-state index in [1.54, 1.807) is 0 Å². The van der Waals surface area contributed by atoms with Gasteiger partial charge >= 0.3 is 5.97 Å². The Morgan fingerprint density at radius 3 is 2.16 bits per heavy atom. The molecular weight excluding hydrogens is 355 g/mol. The summed E-state index contributed by atoms with van der Waals surface area (Å²) in [6.45, 7) is 0. The molecular formula is C15H25IO3.